The van der Waals surface area contributed by atoms with Crippen LogP contribution >= 0.6 is 0 Å². The van der Waals surface area contributed by atoms with Gasteiger partial charge >= 0.3 is 0 Å². The third-order valence-electron chi connectivity index (χ3n) is 5.18. The van der Waals surface area contributed by atoms with E-state index in [1.54, 1.807) is 29.7 Å². The Morgan fingerprint density at radius 2 is 1.86 bits per heavy atom. The summed E-state index contributed by atoms with van der Waals surface area (Å²) in [5.74, 6) is -0.538. The molecule has 1 fully saturated rings. The van der Waals surface area contributed by atoms with Crippen molar-refractivity contribution in [1.82, 2.24) is 5.48 Å². The predicted octanol–water partition coefficient (Wildman–Crippen LogP) is 4.00. The molecule has 1 aliphatic rings. The van der Waals surface area contributed by atoms with Crippen LogP contribution in [0.5, 0.6) is 0 Å². The van der Waals surface area contributed by atoms with Crippen LogP contribution in [0.4, 0.5) is 11.4 Å². The zero-order valence-electron chi connectivity index (χ0n) is 17.5. The highest BCUT2D eigenvalue weighted by Gasteiger charge is 2.43. The van der Waals surface area contributed by atoms with E-state index in [1.807, 2.05) is 24.0 Å². The monoisotopic (exact) mass is 395 g/mol. The van der Waals surface area contributed by atoms with Crippen LogP contribution in [0.15, 0.2) is 48.5 Å². The Bertz CT molecular complexity index is 902. The molecule has 29 heavy (non-hydrogen) atoms. The summed E-state index contributed by atoms with van der Waals surface area (Å²) in [7, 11) is 0. The van der Waals surface area contributed by atoms with Crippen LogP contribution in [0.3, 0.4) is 0 Å². The molecule has 0 bridgehead atoms. The van der Waals surface area contributed by atoms with E-state index in [-0.39, 0.29) is 11.3 Å². The molecule has 0 radical (unpaired) electrons. The second-order valence-electron chi connectivity index (χ2n) is 9.09. The summed E-state index contributed by atoms with van der Waals surface area (Å²) in [4.78, 5) is 26.5. The minimum atomic E-state index is -0.721. The fourth-order valence-corrected chi connectivity index (χ4v) is 3.74. The van der Waals surface area contributed by atoms with E-state index in [1.165, 1.54) is 5.56 Å². The highest BCUT2D eigenvalue weighted by molar-refractivity contribution is 6.04. The van der Waals surface area contributed by atoms with Crippen molar-refractivity contribution in [1.29, 1.82) is 0 Å². The van der Waals surface area contributed by atoms with Crippen LogP contribution in [0.25, 0.3) is 0 Å². The molecule has 0 spiro atoms. The van der Waals surface area contributed by atoms with Crippen LogP contribution in [0.1, 0.15) is 50.0 Å². The van der Waals surface area contributed by atoms with E-state index in [0.29, 0.717) is 18.5 Å². The van der Waals surface area contributed by atoms with Gasteiger partial charge in [0, 0.05) is 23.5 Å². The molecule has 0 aromatic heterocycles. The standard InChI is InChI=1S/C23H29N3O3/c1-22(2,3)15-16-6-5-7-19(14-16)26-13-12-23(4,21(26)28)24-18-10-8-17(9-11-18)20(27)25-29/h5-11,14,24,29H,12-13,15H2,1-4H3,(H,25,27). The summed E-state index contributed by atoms with van der Waals surface area (Å²) in [5, 5.41) is 12.0. The summed E-state index contributed by atoms with van der Waals surface area (Å²) in [6.45, 7) is 9.17. The van der Waals surface area contributed by atoms with Gasteiger partial charge in [0.05, 0.1) is 0 Å². The number of hydroxylamine groups is 1. The third-order valence-corrected chi connectivity index (χ3v) is 5.18. The molecule has 6 nitrogen and oxygen atoms in total. The van der Waals surface area contributed by atoms with E-state index in [0.717, 1.165) is 17.8 Å². The molecule has 1 atom stereocenters. The molecule has 1 heterocycles. The van der Waals surface area contributed by atoms with Gasteiger partial charge < -0.3 is 10.2 Å². The number of carbonyl (C=O) groups excluding carboxylic acids is 2. The van der Waals surface area contributed by atoms with Gasteiger partial charge in [-0.25, -0.2) is 5.48 Å². The molecule has 3 rings (SSSR count). The maximum Gasteiger partial charge on any atom is 0.274 e. The van der Waals surface area contributed by atoms with Crippen LogP contribution in [0.2, 0.25) is 0 Å². The van der Waals surface area contributed by atoms with Gasteiger partial charge in [-0.15, -0.1) is 0 Å². The van der Waals surface area contributed by atoms with Crippen LogP contribution < -0.4 is 15.7 Å². The second kappa shape index (κ2) is 7.87. The molecule has 154 valence electrons. The van der Waals surface area contributed by atoms with Crippen molar-refractivity contribution in [2.75, 3.05) is 16.8 Å². The lowest BCUT2D eigenvalue weighted by Gasteiger charge is -2.26. The van der Waals surface area contributed by atoms with E-state index in [9.17, 15) is 9.59 Å². The summed E-state index contributed by atoms with van der Waals surface area (Å²) >= 11 is 0. The van der Waals surface area contributed by atoms with Crippen molar-refractivity contribution in [2.45, 2.75) is 46.1 Å². The quantitative estimate of drug-likeness (QED) is 0.528. The number of amides is 2. The number of nitrogens with zero attached hydrogens (tertiary/aromatic N) is 1. The number of hydrogen-bond acceptors (Lipinski definition) is 4. The maximum absolute atomic E-state index is 13.2. The topological polar surface area (TPSA) is 81.7 Å². The smallest absolute Gasteiger partial charge is 0.274 e. The van der Waals surface area contributed by atoms with E-state index < -0.39 is 11.4 Å². The number of anilines is 2. The Balaban J connectivity index is 1.75. The SMILES string of the molecule is CC(C)(C)Cc1cccc(N2CCC(C)(Nc3ccc(C(=O)NO)cc3)C2=O)c1. The van der Waals surface area contributed by atoms with E-state index in [2.05, 4.69) is 38.2 Å². The van der Waals surface area contributed by atoms with Gasteiger partial charge in [0.25, 0.3) is 11.8 Å². The number of rotatable bonds is 5. The molecule has 1 aliphatic heterocycles. The lowest BCUT2D eigenvalue weighted by molar-refractivity contribution is -0.120. The molecule has 1 saturated heterocycles. The minimum absolute atomic E-state index is 0.0302. The zero-order valence-corrected chi connectivity index (χ0v) is 17.5. The first-order valence-corrected chi connectivity index (χ1v) is 9.85. The third kappa shape index (κ3) is 4.77. The Morgan fingerprint density at radius 3 is 2.48 bits per heavy atom. The average Bonchev–Trinajstić information content (AvgIpc) is 2.95. The van der Waals surface area contributed by atoms with Gasteiger partial charge in [0.15, 0.2) is 0 Å². The van der Waals surface area contributed by atoms with Crippen molar-refractivity contribution in [3.8, 4) is 0 Å². The molecule has 1 unspecified atom stereocenters. The van der Waals surface area contributed by atoms with Crippen molar-refractivity contribution in [3.63, 3.8) is 0 Å². The van der Waals surface area contributed by atoms with Gasteiger partial charge in [-0.3, -0.25) is 14.8 Å². The number of hydrogen-bond donors (Lipinski definition) is 3. The molecular formula is C23H29N3O3. The molecule has 3 N–H and O–H groups in total. The molecule has 0 aliphatic carbocycles. The highest BCUT2D eigenvalue weighted by atomic mass is 16.5. The Labute approximate surface area is 171 Å². The van der Waals surface area contributed by atoms with Crippen molar-refractivity contribution < 1.29 is 14.8 Å². The largest absolute Gasteiger partial charge is 0.371 e. The minimum Gasteiger partial charge on any atom is -0.371 e. The number of nitrogens with one attached hydrogen (secondary N) is 2. The molecular weight excluding hydrogens is 366 g/mol. The maximum atomic E-state index is 13.2. The average molecular weight is 396 g/mol. The summed E-state index contributed by atoms with van der Waals surface area (Å²) in [6, 6.07) is 14.9. The Kier molecular flexibility index (Phi) is 5.66. The zero-order chi connectivity index (χ0) is 21.2. The highest BCUT2D eigenvalue weighted by Crippen LogP contribution is 2.32. The molecule has 2 amide bonds. The summed E-state index contributed by atoms with van der Waals surface area (Å²) in [6.07, 6.45) is 1.63. The lowest BCUT2D eigenvalue weighted by atomic mass is 9.88. The number of carbonyl (C=O) groups is 2. The van der Waals surface area contributed by atoms with Gasteiger partial charge in [-0.1, -0.05) is 32.9 Å². The summed E-state index contributed by atoms with van der Waals surface area (Å²) in [5.41, 5.74) is 4.32. The van der Waals surface area contributed by atoms with E-state index in [4.69, 9.17) is 5.21 Å². The van der Waals surface area contributed by atoms with Gasteiger partial charge in [-0.05, 0) is 67.1 Å². The normalized spacial score (nSPS) is 19.3. The van der Waals surface area contributed by atoms with Crippen LogP contribution in [-0.2, 0) is 11.2 Å². The number of benzene rings is 2. The fourth-order valence-electron chi connectivity index (χ4n) is 3.74. The van der Waals surface area contributed by atoms with E-state index >= 15 is 0 Å². The summed E-state index contributed by atoms with van der Waals surface area (Å²) < 4.78 is 0. The first kappa shape index (κ1) is 20.9. The molecule has 2 aromatic carbocycles. The Hall–Kier alpha value is -2.86. The van der Waals surface area contributed by atoms with Gasteiger partial charge in [0.2, 0.25) is 0 Å². The van der Waals surface area contributed by atoms with Crippen molar-refractivity contribution in [2.24, 2.45) is 5.41 Å². The van der Waals surface area contributed by atoms with Gasteiger partial charge in [-0.2, -0.15) is 0 Å². The molecule has 6 heteroatoms. The molecule has 2 aromatic rings. The lowest BCUT2D eigenvalue weighted by Crippen LogP contribution is -2.44. The first-order valence-electron chi connectivity index (χ1n) is 9.85. The van der Waals surface area contributed by atoms with Crippen LogP contribution in [-0.4, -0.2) is 29.1 Å². The fraction of sp³-hybridized carbons (Fsp3) is 0.391. The van der Waals surface area contributed by atoms with Gasteiger partial charge in [0.1, 0.15) is 5.54 Å². The Morgan fingerprint density at radius 1 is 1.17 bits per heavy atom. The molecule has 0 saturated carbocycles. The van der Waals surface area contributed by atoms with Crippen LogP contribution in [0, 0.1) is 5.41 Å². The first-order chi connectivity index (χ1) is 13.6. The predicted molar refractivity (Wildman–Crippen MR) is 114 cm³/mol. The van der Waals surface area contributed by atoms with Crippen molar-refractivity contribution >= 4 is 23.2 Å². The van der Waals surface area contributed by atoms with Crippen molar-refractivity contribution in [3.05, 3.63) is 59.7 Å². The second-order valence-corrected chi connectivity index (χ2v) is 9.09.